The molecule has 0 spiro atoms. The Bertz CT molecular complexity index is 3720. The Hall–Kier alpha value is -6.37. The highest BCUT2D eigenvalue weighted by molar-refractivity contribution is 5.79. The van der Waals surface area contributed by atoms with Crippen molar-refractivity contribution in [1.29, 1.82) is 0 Å². The highest BCUT2D eigenvalue weighted by atomic mass is 16.8. The number of hydrogen-bond acceptors (Lipinski definition) is 49. The number of carboxylic acids is 4. The summed E-state index contributed by atoms with van der Waals surface area (Å²) in [5.41, 5.74) is 0. The number of nitrogens with one attached hydrogen (secondary N) is 5. The molecule has 8 aliphatic heterocycles. The van der Waals surface area contributed by atoms with Crippen molar-refractivity contribution in [3.63, 3.8) is 0 Å². The van der Waals surface area contributed by atoms with E-state index in [1.165, 1.54) is 0 Å². The summed E-state index contributed by atoms with van der Waals surface area (Å²) in [6.07, 6.45) is -92.3. The first-order valence-corrected chi connectivity index (χ1v) is 39.6. The van der Waals surface area contributed by atoms with Crippen molar-refractivity contribution < 1.29 is 262 Å². The van der Waals surface area contributed by atoms with E-state index >= 15 is 0 Å². The van der Waals surface area contributed by atoms with Gasteiger partial charge in [0.1, 0.15) is 171 Å². The minimum atomic E-state index is -3.89. The highest BCUT2D eigenvalue weighted by Crippen LogP contribution is 2.46. The van der Waals surface area contributed by atoms with Gasteiger partial charge in [0.15, 0.2) is 25.2 Å². The van der Waals surface area contributed by atoms with Gasteiger partial charge >= 0.3 is 23.9 Å². The molecule has 8 fully saturated rings. The zero-order chi connectivity index (χ0) is 95.9. The molecule has 0 saturated carbocycles. The molecule has 0 aromatic rings. The molecule has 44 atom stereocenters. The number of carbonyl (C=O) groups is 9. The van der Waals surface area contributed by atoms with Gasteiger partial charge in [-0.15, -0.1) is 0 Å². The van der Waals surface area contributed by atoms with E-state index in [-0.39, 0.29) is 0 Å². The lowest BCUT2D eigenvalue weighted by Gasteiger charge is -2.53. The predicted molar refractivity (Wildman–Crippen MR) is 391 cm³/mol. The number of aliphatic hydroxyl groups is 25. The molecule has 0 unspecified atom stereocenters. The second-order valence-corrected chi connectivity index (χ2v) is 31.8. The molecule has 58 heteroatoms. The van der Waals surface area contributed by atoms with Crippen LogP contribution in [-0.2, 0) is 114 Å². The molecule has 8 saturated heterocycles. The Labute approximate surface area is 721 Å². The molecule has 8 aliphatic rings. The van der Waals surface area contributed by atoms with Crippen LogP contribution >= 0.6 is 0 Å². The molecule has 8 rings (SSSR count). The Balaban J connectivity index is 1.19. The second-order valence-electron chi connectivity index (χ2n) is 31.8. The first-order valence-electron chi connectivity index (χ1n) is 39.6. The van der Waals surface area contributed by atoms with Gasteiger partial charge in [0.25, 0.3) is 23.1 Å². The van der Waals surface area contributed by atoms with Crippen molar-refractivity contribution in [2.45, 2.75) is 328 Å². The number of amides is 5. The van der Waals surface area contributed by atoms with E-state index in [9.17, 15) is 191 Å². The third-order valence-corrected chi connectivity index (χ3v) is 22.6. The van der Waals surface area contributed by atoms with Crippen LogP contribution in [0, 0.1) is 0 Å². The number of rotatable bonds is 39. The van der Waals surface area contributed by atoms with Crippen LogP contribution in [0.5, 0.6) is 0 Å². The Kier molecular flexibility index (Phi) is 37.3. The van der Waals surface area contributed by atoms with E-state index in [1.807, 2.05) is 0 Å². The monoisotopic (exact) mass is 1870 g/mol. The average Bonchev–Trinajstić information content (AvgIpc) is 0.732. The summed E-state index contributed by atoms with van der Waals surface area (Å²) in [5.74, 6) is -29.3. The zero-order valence-corrected chi connectivity index (χ0v) is 68.3. The maximum absolute atomic E-state index is 14.4. The summed E-state index contributed by atoms with van der Waals surface area (Å²) in [6.45, 7) is -7.29. The lowest BCUT2D eigenvalue weighted by atomic mass is 9.86. The fourth-order valence-electron chi connectivity index (χ4n) is 16.3. The molecule has 0 aromatic heterocycles. The maximum Gasteiger partial charge on any atom is 0.364 e. The summed E-state index contributed by atoms with van der Waals surface area (Å²) >= 11 is 0. The second kappa shape index (κ2) is 44.7. The molecule has 0 radical (unpaired) electrons. The molecule has 0 aromatic carbocycles. The SMILES string of the molecule is CC(=O)N[C@H]1[C@H](O[C@@H]2[C@H](O[C@]3(C(=O)O)C[C@H](O)[C@@H](NC(C)=O)[C@H]([C@H](O)[C@@H](CO)O[C@]4(C(=O)O)C[C@H](O)[C@@H](NC(C)=O)[C@H]([C@H](O)[C@@H](CO)O[C@]5(C(=O)O)C[C@H](O)[C@@H](NC(C)=O)[C@H]([C@H](O)[C@H](O)CO)O5)O4)O3)[C@@H](O)[C@H](O[C@H]3[C@H](O)[C@@H](O)[C@H](O)O[C@@H]3CO)O[C@@H]2CO)O[C@H](CO)[C@H](O)[C@@H]1O[C@@H]1O[C@H](CO)[C@H](O)[C@H](O[C@]2(C(=O)O)C[C@H](O)[C@@H](NC(C)=O)[C@H]([C@H](O)[C@H](O)CO)O2)[C@H]1O. The van der Waals surface area contributed by atoms with Crippen LogP contribution in [0.3, 0.4) is 0 Å². The van der Waals surface area contributed by atoms with E-state index < -0.39 is 400 Å². The zero-order valence-electron chi connectivity index (χ0n) is 68.3. The van der Waals surface area contributed by atoms with Crippen molar-refractivity contribution in [1.82, 2.24) is 26.6 Å². The number of aliphatic hydroxyl groups excluding tert-OH is 25. The van der Waals surface area contributed by atoms with Crippen LogP contribution in [0.25, 0.3) is 0 Å². The van der Waals surface area contributed by atoms with Gasteiger partial charge in [-0.2, -0.15) is 0 Å². The van der Waals surface area contributed by atoms with E-state index in [0.29, 0.717) is 0 Å². The van der Waals surface area contributed by atoms with Gasteiger partial charge < -0.3 is 246 Å². The van der Waals surface area contributed by atoms with Crippen LogP contribution in [0.15, 0.2) is 0 Å². The third kappa shape index (κ3) is 23.2. The van der Waals surface area contributed by atoms with Crippen LogP contribution in [0.1, 0.15) is 60.3 Å². The number of ether oxygens (including phenoxy) is 15. The fraction of sp³-hybridized carbons (Fsp3) is 0.871. The van der Waals surface area contributed by atoms with Gasteiger partial charge in [-0.25, -0.2) is 19.2 Å². The van der Waals surface area contributed by atoms with E-state index in [4.69, 9.17) is 71.1 Å². The topological polar surface area (TPSA) is 939 Å². The van der Waals surface area contributed by atoms with Gasteiger partial charge in [0.05, 0.1) is 101 Å². The molecule has 0 aliphatic carbocycles. The molecule has 34 N–H and O–H groups in total. The highest BCUT2D eigenvalue weighted by Gasteiger charge is 2.67. The number of aliphatic carboxylic acids is 4. The van der Waals surface area contributed by atoms with Gasteiger partial charge in [0.2, 0.25) is 29.5 Å². The smallest absolute Gasteiger partial charge is 0.364 e. The van der Waals surface area contributed by atoms with Crippen molar-refractivity contribution in [2.24, 2.45) is 0 Å². The number of carbonyl (C=O) groups excluding carboxylic acids is 5. The van der Waals surface area contributed by atoms with Crippen molar-refractivity contribution >= 4 is 53.4 Å². The molecular formula is C70H113N5O53. The van der Waals surface area contributed by atoms with Crippen LogP contribution < -0.4 is 26.6 Å². The van der Waals surface area contributed by atoms with Gasteiger partial charge in [0, 0.05) is 60.3 Å². The predicted octanol–water partition coefficient (Wildman–Crippen LogP) is -20.9. The van der Waals surface area contributed by atoms with Crippen molar-refractivity contribution in [3.8, 4) is 0 Å². The Morgan fingerprint density at radius 1 is 0.320 bits per heavy atom. The van der Waals surface area contributed by atoms with Crippen LogP contribution in [0.4, 0.5) is 0 Å². The number of hydrogen-bond donors (Lipinski definition) is 34. The molecule has 736 valence electrons. The summed E-state index contributed by atoms with van der Waals surface area (Å²) in [6, 6.07) is -10.4. The summed E-state index contributed by atoms with van der Waals surface area (Å²) < 4.78 is 87.5. The van der Waals surface area contributed by atoms with Crippen molar-refractivity contribution in [2.75, 3.05) is 52.9 Å². The standard InChI is InChI=1S/C70H113N5O53/c1-18(84)71-35-23(89)6-67(63(106)107,123-53(35)40(95)27(93)10-76)121-31(14-80)44(99)55-37(73-20(3)86)24(90)7-68(125-55,64(108)109)122-32(15-81)45(100)56-38(74-21(4)87)26(92)9-70(126-56,66(112)113)128-58-49(104)62(118-50-33(16-82)114-59(105)47(102)46(50)101)117-34(17-83)51(58)119-60-39(75-22(5)88)52(42(97)29(12-78)115-60)120-61-48(103)57(43(98)30(13-79)116-61)127-69(65(110)111)8-25(91)36(72-19(2)85)54(124-69)41(96)28(94)11-77/h23-62,76-83,89-105H,6-17H2,1-5H3,(H,71,84)(H,72,85)(H,73,86)(H,74,87)(H,75,88)(H,106,107)(H,108,109)(H,110,111)(H,112,113)/t23-,24-,25-,26-,27+,28+,29+,30+,31+,32+,33+,34+,35+,36+,37+,38+,39+,40+,41+,42-,43-,44+,45+,46+,47+,48+,49+,50+,51-,52+,53+,54+,55+,56+,57-,58+,59+,60-,61-,62-,67+,68+,69-,70-/m0/s1. The molecule has 128 heavy (non-hydrogen) atoms. The molecule has 5 amide bonds. The fourth-order valence-corrected chi connectivity index (χ4v) is 16.3. The lowest BCUT2D eigenvalue weighted by molar-refractivity contribution is -0.405. The van der Waals surface area contributed by atoms with Gasteiger partial charge in [-0.1, -0.05) is 0 Å². The summed E-state index contributed by atoms with van der Waals surface area (Å²) in [5, 5.41) is 336. The lowest BCUT2D eigenvalue weighted by Crippen LogP contribution is -2.73. The molecule has 0 bridgehead atoms. The van der Waals surface area contributed by atoms with Gasteiger partial charge in [-0.05, 0) is 0 Å². The molecule has 8 heterocycles. The first-order chi connectivity index (χ1) is 59.9. The van der Waals surface area contributed by atoms with E-state index in [2.05, 4.69) is 26.6 Å². The van der Waals surface area contributed by atoms with E-state index in [0.717, 1.165) is 34.6 Å². The minimum absolute atomic E-state index is 0.755. The first kappa shape index (κ1) is 107. The summed E-state index contributed by atoms with van der Waals surface area (Å²) in [7, 11) is 0. The van der Waals surface area contributed by atoms with Crippen molar-refractivity contribution in [3.05, 3.63) is 0 Å². The maximum atomic E-state index is 14.4. The van der Waals surface area contributed by atoms with Crippen LogP contribution in [0.2, 0.25) is 0 Å². The molecular weight excluding hydrogens is 1760 g/mol. The minimum Gasteiger partial charge on any atom is -0.477 e. The Morgan fingerprint density at radius 3 is 0.953 bits per heavy atom. The van der Waals surface area contributed by atoms with Crippen LogP contribution in [-0.4, -0.2) is 522 Å². The Morgan fingerprint density at radius 2 is 0.609 bits per heavy atom. The largest absolute Gasteiger partial charge is 0.477 e. The van der Waals surface area contributed by atoms with E-state index in [1.54, 1.807) is 0 Å². The van der Waals surface area contributed by atoms with Gasteiger partial charge in [-0.3, -0.25) is 24.0 Å². The molecule has 58 nitrogen and oxygen atoms in total. The number of carboxylic acid groups (broad SMARTS) is 4. The quantitative estimate of drug-likeness (QED) is 0.0272. The summed E-state index contributed by atoms with van der Waals surface area (Å²) in [4.78, 5) is 119. The average molecular weight is 1870 g/mol. The normalized spacial score (nSPS) is 42.5. The third-order valence-electron chi connectivity index (χ3n) is 22.6.